The van der Waals surface area contributed by atoms with Gasteiger partial charge in [-0.3, -0.25) is 4.79 Å². The third-order valence-corrected chi connectivity index (χ3v) is 2.62. The minimum Gasteiger partial charge on any atom is -0.340 e. The lowest BCUT2D eigenvalue weighted by Gasteiger charge is -1.93. The van der Waals surface area contributed by atoms with Gasteiger partial charge in [-0.1, -0.05) is 0 Å². The number of ketones is 1. The maximum Gasteiger partial charge on any atom is 0.164 e. The van der Waals surface area contributed by atoms with Crippen LogP contribution in [0.4, 0.5) is 0 Å². The van der Waals surface area contributed by atoms with E-state index < -0.39 is 0 Å². The van der Waals surface area contributed by atoms with Crippen molar-refractivity contribution in [2.45, 2.75) is 32.2 Å². The second-order valence-electron chi connectivity index (χ2n) is 3.66. The minimum absolute atomic E-state index is 0.231. The molecular weight excluding hydrogens is 176 g/mol. The summed E-state index contributed by atoms with van der Waals surface area (Å²) in [6, 6.07) is 2.08. The summed E-state index contributed by atoms with van der Waals surface area (Å²) in [5.41, 5.74) is 1.94. The van der Waals surface area contributed by atoms with Crippen LogP contribution >= 0.6 is 0 Å². The molecule has 0 aliphatic heterocycles. The van der Waals surface area contributed by atoms with Crippen molar-refractivity contribution in [3.05, 3.63) is 23.5 Å². The number of Topliss-reactive ketones (excluding diaryl/α,β-unsaturated/α-hetero) is 1. The summed E-state index contributed by atoms with van der Waals surface area (Å²) in [5, 5.41) is 8.55. The van der Waals surface area contributed by atoms with Gasteiger partial charge >= 0.3 is 0 Å². The van der Waals surface area contributed by atoms with Gasteiger partial charge in [-0.2, -0.15) is 5.26 Å². The van der Waals surface area contributed by atoms with Crippen LogP contribution < -0.4 is 0 Å². The quantitative estimate of drug-likeness (QED) is 0.632. The molecule has 0 amide bonds. The van der Waals surface area contributed by atoms with Crippen molar-refractivity contribution < 1.29 is 4.79 Å². The summed E-state index contributed by atoms with van der Waals surface area (Å²) in [6.45, 7) is 0.334. The highest BCUT2D eigenvalue weighted by Crippen LogP contribution is 2.21. The van der Waals surface area contributed by atoms with Crippen molar-refractivity contribution in [3.63, 3.8) is 0 Å². The van der Waals surface area contributed by atoms with Crippen molar-refractivity contribution in [1.29, 1.82) is 5.26 Å². The lowest BCUT2D eigenvalue weighted by Crippen LogP contribution is -1.97. The van der Waals surface area contributed by atoms with Crippen LogP contribution in [0.25, 0.3) is 0 Å². The van der Waals surface area contributed by atoms with E-state index in [0.717, 1.165) is 30.4 Å². The Morgan fingerprint density at radius 2 is 2.14 bits per heavy atom. The van der Waals surface area contributed by atoms with E-state index >= 15 is 0 Å². The Morgan fingerprint density at radius 3 is 2.93 bits per heavy atom. The third-order valence-electron chi connectivity index (χ3n) is 2.62. The number of rotatable bonds is 1. The standard InChI is InChI=1S/C11H12N2O/c12-5-6-13-7-9-3-1-2-4-11(14)10(9)8-13/h7-8H,1-4,6H2. The molecule has 3 heteroatoms. The number of aromatic nitrogens is 1. The van der Waals surface area contributed by atoms with E-state index in [0.29, 0.717) is 13.0 Å². The second-order valence-corrected chi connectivity index (χ2v) is 3.66. The van der Waals surface area contributed by atoms with Crippen LogP contribution in [-0.2, 0) is 13.0 Å². The maximum atomic E-state index is 11.6. The van der Waals surface area contributed by atoms with Crippen LogP contribution in [0.1, 0.15) is 35.2 Å². The van der Waals surface area contributed by atoms with Gasteiger partial charge in [-0.05, 0) is 24.8 Å². The SMILES string of the molecule is N#CCn1cc2c(c1)C(=O)CCCC2. The van der Waals surface area contributed by atoms with Crippen LogP contribution in [0.2, 0.25) is 0 Å². The van der Waals surface area contributed by atoms with Gasteiger partial charge in [0.25, 0.3) is 0 Å². The first-order valence-corrected chi connectivity index (χ1v) is 4.90. The van der Waals surface area contributed by atoms with E-state index in [-0.39, 0.29) is 5.78 Å². The summed E-state index contributed by atoms with van der Waals surface area (Å²) in [5.74, 6) is 0.231. The van der Waals surface area contributed by atoms with Crippen molar-refractivity contribution in [2.24, 2.45) is 0 Å². The molecule has 1 aromatic rings. The average molecular weight is 188 g/mol. The highest BCUT2D eigenvalue weighted by Gasteiger charge is 2.17. The molecule has 0 saturated carbocycles. The largest absolute Gasteiger partial charge is 0.340 e. The molecule has 3 nitrogen and oxygen atoms in total. The molecule has 0 aromatic carbocycles. The van der Waals surface area contributed by atoms with Crippen molar-refractivity contribution in [2.75, 3.05) is 0 Å². The monoisotopic (exact) mass is 188 g/mol. The summed E-state index contributed by atoms with van der Waals surface area (Å²) < 4.78 is 1.80. The Bertz CT molecular complexity index is 398. The number of nitrogens with zero attached hydrogens (tertiary/aromatic N) is 2. The fourth-order valence-corrected chi connectivity index (χ4v) is 1.91. The summed E-state index contributed by atoms with van der Waals surface area (Å²) in [6.07, 6.45) is 7.44. The molecule has 14 heavy (non-hydrogen) atoms. The topological polar surface area (TPSA) is 45.8 Å². The van der Waals surface area contributed by atoms with E-state index in [9.17, 15) is 4.79 Å². The summed E-state index contributed by atoms with van der Waals surface area (Å²) >= 11 is 0. The zero-order valence-electron chi connectivity index (χ0n) is 7.99. The number of nitriles is 1. The molecule has 0 saturated heterocycles. The van der Waals surface area contributed by atoms with Crippen molar-refractivity contribution in [3.8, 4) is 6.07 Å². The fourth-order valence-electron chi connectivity index (χ4n) is 1.91. The summed E-state index contributed by atoms with van der Waals surface area (Å²) in [4.78, 5) is 11.6. The number of hydrogen-bond acceptors (Lipinski definition) is 2. The van der Waals surface area contributed by atoms with Gasteiger partial charge in [0, 0.05) is 24.4 Å². The highest BCUT2D eigenvalue weighted by molar-refractivity contribution is 5.97. The van der Waals surface area contributed by atoms with Gasteiger partial charge in [0.1, 0.15) is 6.54 Å². The number of aryl methyl sites for hydroxylation is 1. The molecule has 0 bridgehead atoms. The Morgan fingerprint density at radius 1 is 1.36 bits per heavy atom. The molecule has 72 valence electrons. The van der Waals surface area contributed by atoms with E-state index in [4.69, 9.17) is 5.26 Å². The van der Waals surface area contributed by atoms with Crippen LogP contribution in [-0.4, -0.2) is 10.4 Å². The normalized spacial score (nSPS) is 15.8. The molecule has 0 fully saturated rings. The lowest BCUT2D eigenvalue weighted by molar-refractivity contribution is 0.0982. The smallest absolute Gasteiger partial charge is 0.164 e. The Hall–Kier alpha value is -1.56. The first kappa shape index (κ1) is 9.01. The minimum atomic E-state index is 0.231. The van der Waals surface area contributed by atoms with Gasteiger partial charge in [0.2, 0.25) is 0 Å². The predicted molar refractivity (Wildman–Crippen MR) is 51.9 cm³/mol. The average Bonchev–Trinajstić information content (AvgIpc) is 2.49. The second kappa shape index (κ2) is 3.67. The van der Waals surface area contributed by atoms with Gasteiger partial charge in [-0.25, -0.2) is 0 Å². The molecule has 0 N–H and O–H groups in total. The van der Waals surface area contributed by atoms with Gasteiger partial charge < -0.3 is 4.57 Å². The van der Waals surface area contributed by atoms with Crippen LogP contribution in [0.15, 0.2) is 12.4 Å². The molecular formula is C11H12N2O. The Labute approximate surface area is 83.0 Å². The van der Waals surface area contributed by atoms with E-state index in [2.05, 4.69) is 6.07 Å². The van der Waals surface area contributed by atoms with E-state index in [1.54, 1.807) is 4.57 Å². The van der Waals surface area contributed by atoms with E-state index in [1.807, 2.05) is 12.4 Å². The Kier molecular flexibility index (Phi) is 2.36. The molecule has 0 radical (unpaired) electrons. The van der Waals surface area contributed by atoms with Crippen molar-refractivity contribution >= 4 is 5.78 Å². The molecule has 1 heterocycles. The van der Waals surface area contributed by atoms with Gasteiger partial charge in [0.05, 0.1) is 6.07 Å². The number of carbonyl (C=O) groups is 1. The highest BCUT2D eigenvalue weighted by atomic mass is 16.1. The van der Waals surface area contributed by atoms with Crippen LogP contribution in [0.3, 0.4) is 0 Å². The molecule has 0 spiro atoms. The predicted octanol–water partition coefficient (Wildman–Crippen LogP) is 1.92. The first-order valence-electron chi connectivity index (χ1n) is 4.90. The van der Waals surface area contributed by atoms with Crippen LogP contribution in [0, 0.1) is 11.3 Å². The number of carbonyl (C=O) groups excluding carboxylic acids is 1. The molecule has 0 atom stereocenters. The zero-order valence-corrected chi connectivity index (χ0v) is 7.99. The maximum absolute atomic E-state index is 11.6. The molecule has 0 unspecified atom stereocenters. The zero-order chi connectivity index (χ0) is 9.97. The fraction of sp³-hybridized carbons (Fsp3) is 0.455. The van der Waals surface area contributed by atoms with E-state index in [1.165, 1.54) is 0 Å². The molecule has 1 aromatic heterocycles. The first-order chi connectivity index (χ1) is 6.81. The number of hydrogen-bond donors (Lipinski definition) is 0. The van der Waals surface area contributed by atoms with Crippen molar-refractivity contribution in [1.82, 2.24) is 4.57 Å². The molecule has 1 aliphatic carbocycles. The Balaban J connectivity index is 2.35. The van der Waals surface area contributed by atoms with Gasteiger partial charge in [0.15, 0.2) is 5.78 Å². The van der Waals surface area contributed by atoms with Gasteiger partial charge in [-0.15, -0.1) is 0 Å². The van der Waals surface area contributed by atoms with Crippen LogP contribution in [0.5, 0.6) is 0 Å². The summed E-state index contributed by atoms with van der Waals surface area (Å²) in [7, 11) is 0. The molecule has 2 rings (SSSR count). The lowest BCUT2D eigenvalue weighted by atomic mass is 10.1. The molecule has 1 aliphatic rings. The third kappa shape index (κ3) is 1.56. The number of fused-ring (bicyclic) bond motifs is 1.